The van der Waals surface area contributed by atoms with Crippen molar-refractivity contribution in [2.24, 2.45) is 5.16 Å². The fraction of sp³-hybridized carbons (Fsp3) is 0.143. The van der Waals surface area contributed by atoms with Gasteiger partial charge in [-0.15, -0.1) is 0 Å². The molecule has 18 heavy (non-hydrogen) atoms. The van der Waals surface area contributed by atoms with Crippen molar-refractivity contribution in [2.45, 2.75) is 6.92 Å². The van der Waals surface area contributed by atoms with E-state index in [0.717, 1.165) is 5.56 Å². The van der Waals surface area contributed by atoms with Gasteiger partial charge in [0.15, 0.2) is 0 Å². The van der Waals surface area contributed by atoms with Gasteiger partial charge in [-0.1, -0.05) is 52.8 Å². The van der Waals surface area contributed by atoms with E-state index in [-0.39, 0.29) is 0 Å². The van der Waals surface area contributed by atoms with Gasteiger partial charge in [0.05, 0.1) is 0 Å². The molecular weight excluding hydrogens is 228 g/mol. The van der Waals surface area contributed by atoms with Crippen LogP contribution in [-0.2, 0) is 4.84 Å². The van der Waals surface area contributed by atoms with Crippen molar-refractivity contribution in [3.05, 3.63) is 66.1 Å². The van der Waals surface area contributed by atoms with Crippen LogP contribution >= 0.6 is 0 Å². The standard InChI is InChI=1S/C14H14N2O2/c1-3-9-17-16-14(13-8-10-18-15-13)12-6-4-11(2)5-7-12/h3-8,10H,1,9H2,2H3. The smallest absolute Gasteiger partial charge is 0.139 e. The Labute approximate surface area is 106 Å². The summed E-state index contributed by atoms with van der Waals surface area (Å²) in [4.78, 5) is 5.14. The van der Waals surface area contributed by atoms with Gasteiger partial charge in [0.2, 0.25) is 0 Å². The Bertz CT molecular complexity index is 527. The fourth-order valence-corrected chi connectivity index (χ4v) is 1.45. The van der Waals surface area contributed by atoms with E-state index in [0.29, 0.717) is 18.0 Å². The summed E-state index contributed by atoms with van der Waals surface area (Å²) in [6, 6.07) is 9.72. The largest absolute Gasteiger partial charge is 0.391 e. The van der Waals surface area contributed by atoms with Gasteiger partial charge >= 0.3 is 0 Å². The normalized spacial score (nSPS) is 11.3. The fourth-order valence-electron chi connectivity index (χ4n) is 1.45. The highest BCUT2D eigenvalue weighted by molar-refractivity contribution is 6.11. The van der Waals surface area contributed by atoms with Gasteiger partial charge in [-0.2, -0.15) is 0 Å². The van der Waals surface area contributed by atoms with Gasteiger partial charge < -0.3 is 9.36 Å². The summed E-state index contributed by atoms with van der Waals surface area (Å²) in [7, 11) is 0. The molecule has 2 rings (SSSR count). The molecule has 2 aromatic rings. The first kappa shape index (κ1) is 12.1. The lowest BCUT2D eigenvalue weighted by Crippen LogP contribution is -2.05. The minimum Gasteiger partial charge on any atom is -0.391 e. The first-order valence-electron chi connectivity index (χ1n) is 5.60. The Morgan fingerprint density at radius 2 is 2.17 bits per heavy atom. The number of nitrogens with zero attached hydrogens (tertiary/aromatic N) is 2. The van der Waals surface area contributed by atoms with E-state index in [1.54, 1.807) is 12.1 Å². The van der Waals surface area contributed by atoms with E-state index in [4.69, 9.17) is 9.36 Å². The number of hydrogen-bond acceptors (Lipinski definition) is 4. The lowest BCUT2D eigenvalue weighted by molar-refractivity contribution is 0.175. The molecule has 0 bridgehead atoms. The number of oxime groups is 1. The van der Waals surface area contributed by atoms with Crippen LogP contribution in [0.25, 0.3) is 0 Å². The molecule has 92 valence electrons. The van der Waals surface area contributed by atoms with Crippen molar-refractivity contribution in [1.82, 2.24) is 5.16 Å². The summed E-state index contributed by atoms with van der Waals surface area (Å²) in [6.07, 6.45) is 3.14. The molecule has 0 radical (unpaired) electrons. The highest BCUT2D eigenvalue weighted by Gasteiger charge is 2.10. The van der Waals surface area contributed by atoms with Crippen molar-refractivity contribution in [3.8, 4) is 0 Å². The Hall–Kier alpha value is -2.36. The lowest BCUT2D eigenvalue weighted by Gasteiger charge is -2.03. The van der Waals surface area contributed by atoms with Crippen molar-refractivity contribution in [3.63, 3.8) is 0 Å². The van der Waals surface area contributed by atoms with E-state index in [1.165, 1.54) is 11.8 Å². The summed E-state index contributed by atoms with van der Waals surface area (Å²) in [5.74, 6) is 0. The van der Waals surface area contributed by atoms with Crippen LogP contribution in [-0.4, -0.2) is 17.5 Å². The predicted molar refractivity (Wildman–Crippen MR) is 69.5 cm³/mol. The van der Waals surface area contributed by atoms with E-state index in [1.807, 2.05) is 31.2 Å². The highest BCUT2D eigenvalue weighted by atomic mass is 16.6. The zero-order valence-corrected chi connectivity index (χ0v) is 10.2. The number of aromatic nitrogens is 1. The van der Waals surface area contributed by atoms with E-state index >= 15 is 0 Å². The zero-order chi connectivity index (χ0) is 12.8. The number of hydrogen-bond donors (Lipinski definition) is 0. The Morgan fingerprint density at radius 3 is 2.78 bits per heavy atom. The zero-order valence-electron chi connectivity index (χ0n) is 10.2. The molecule has 0 aliphatic heterocycles. The van der Waals surface area contributed by atoms with Crippen molar-refractivity contribution < 1.29 is 9.36 Å². The average molecular weight is 242 g/mol. The predicted octanol–water partition coefficient (Wildman–Crippen LogP) is 2.94. The maximum absolute atomic E-state index is 5.14. The second-order valence-electron chi connectivity index (χ2n) is 3.78. The van der Waals surface area contributed by atoms with Crippen LogP contribution in [0, 0.1) is 6.92 Å². The second kappa shape index (κ2) is 5.82. The Balaban J connectivity index is 2.33. The first-order valence-corrected chi connectivity index (χ1v) is 5.60. The quantitative estimate of drug-likeness (QED) is 0.350. The molecule has 0 saturated carbocycles. The first-order chi connectivity index (χ1) is 8.81. The van der Waals surface area contributed by atoms with Crippen LogP contribution in [0.4, 0.5) is 0 Å². The van der Waals surface area contributed by atoms with E-state index in [2.05, 4.69) is 16.9 Å². The molecule has 0 atom stereocenters. The maximum atomic E-state index is 5.14. The number of aryl methyl sites for hydroxylation is 1. The molecule has 1 heterocycles. The maximum Gasteiger partial charge on any atom is 0.139 e. The monoisotopic (exact) mass is 242 g/mol. The minimum absolute atomic E-state index is 0.354. The van der Waals surface area contributed by atoms with Gasteiger partial charge in [-0.25, -0.2) is 0 Å². The Morgan fingerprint density at radius 1 is 1.39 bits per heavy atom. The molecule has 0 unspecified atom stereocenters. The van der Waals surface area contributed by atoms with Crippen LogP contribution < -0.4 is 0 Å². The molecule has 0 aliphatic rings. The molecule has 4 nitrogen and oxygen atoms in total. The molecule has 0 aliphatic carbocycles. The lowest BCUT2D eigenvalue weighted by atomic mass is 10.1. The van der Waals surface area contributed by atoms with Crippen LogP contribution in [0.3, 0.4) is 0 Å². The molecule has 0 spiro atoms. The third-order valence-electron chi connectivity index (χ3n) is 2.35. The van der Waals surface area contributed by atoms with E-state index < -0.39 is 0 Å². The third-order valence-corrected chi connectivity index (χ3v) is 2.35. The van der Waals surface area contributed by atoms with Gasteiger partial charge in [0, 0.05) is 11.6 Å². The van der Waals surface area contributed by atoms with Gasteiger partial charge in [0.25, 0.3) is 0 Å². The Kier molecular flexibility index (Phi) is 3.91. The summed E-state index contributed by atoms with van der Waals surface area (Å²) >= 11 is 0. The molecule has 0 fully saturated rings. The summed E-state index contributed by atoms with van der Waals surface area (Å²) in [5.41, 5.74) is 3.40. The summed E-state index contributed by atoms with van der Waals surface area (Å²) in [6.45, 7) is 5.96. The van der Waals surface area contributed by atoms with E-state index in [9.17, 15) is 0 Å². The van der Waals surface area contributed by atoms with Crippen molar-refractivity contribution >= 4 is 5.71 Å². The third kappa shape index (κ3) is 2.85. The minimum atomic E-state index is 0.354. The number of rotatable bonds is 5. The number of benzene rings is 1. The SMILES string of the molecule is C=CCON=C(c1ccc(C)cc1)c1ccon1. The topological polar surface area (TPSA) is 47.6 Å². The summed E-state index contributed by atoms with van der Waals surface area (Å²) < 4.78 is 4.84. The van der Waals surface area contributed by atoms with Crippen LogP contribution in [0.1, 0.15) is 16.8 Å². The van der Waals surface area contributed by atoms with Crippen LogP contribution in [0.15, 0.2) is 58.9 Å². The highest BCUT2D eigenvalue weighted by Crippen LogP contribution is 2.11. The van der Waals surface area contributed by atoms with Gasteiger partial charge in [-0.3, -0.25) is 0 Å². The van der Waals surface area contributed by atoms with Crippen LogP contribution in [0.5, 0.6) is 0 Å². The van der Waals surface area contributed by atoms with Crippen molar-refractivity contribution in [1.29, 1.82) is 0 Å². The van der Waals surface area contributed by atoms with Crippen molar-refractivity contribution in [2.75, 3.05) is 6.61 Å². The second-order valence-corrected chi connectivity index (χ2v) is 3.78. The molecule has 0 amide bonds. The van der Waals surface area contributed by atoms with Gasteiger partial charge in [-0.05, 0) is 6.92 Å². The molecule has 4 heteroatoms. The molecule has 1 aromatic heterocycles. The molecular formula is C14H14N2O2. The molecule has 0 N–H and O–H groups in total. The molecule has 0 saturated heterocycles. The van der Waals surface area contributed by atoms with Gasteiger partial charge in [0.1, 0.15) is 24.3 Å². The van der Waals surface area contributed by atoms with Crippen LogP contribution in [0.2, 0.25) is 0 Å². The molecule has 1 aromatic carbocycles. The summed E-state index contributed by atoms with van der Waals surface area (Å²) in [5, 5.41) is 7.96. The average Bonchev–Trinajstić information content (AvgIpc) is 2.90.